The molecule has 1 amide bonds. The quantitative estimate of drug-likeness (QED) is 0.572. The predicted octanol–water partition coefficient (Wildman–Crippen LogP) is 3.91. The second-order valence-corrected chi connectivity index (χ2v) is 6.92. The second kappa shape index (κ2) is 7.40. The molecular weight excluding hydrogens is 374 g/mol. The van der Waals surface area contributed by atoms with Gasteiger partial charge in [-0.1, -0.05) is 48.0 Å². The van der Waals surface area contributed by atoms with E-state index in [1.54, 1.807) is 16.9 Å². The van der Waals surface area contributed by atoms with Gasteiger partial charge in [-0.25, -0.2) is 9.50 Å². The number of nitrogens with zero attached hydrogens (tertiary/aromatic N) is 4. The van der Waals surface area contributed by atoms with E-state index in [0.29, 0.717) is 5.65 Å². The number of fused-ring (bicyclic) bond motifs is 1. The monoisotopic (exact) mass is 391 g/mol. The highest BCUT2D eigenvalue weighted by molar-refractivity contribution is 6.36. The van der Waals surface area contributed by atoms with Crippen LogP contribution in [-0.4, -0.2) is 25.5 Å². The molecule has 140 valence electrons. The van der Waals surface area contributed by atoms with Crippen molar-refractivity contribution >= 4 is 23.2 Å². The van der Waals surface area contributed by atoms with Gasteiger partial charge in [0.2, 0.25) is 0 Å². The van der Waals surface area contributed by atoms with Gasteiger partial charge < -0.3 is 5.32 Å². The molecule has 4 rings (SSSR count). The average Bonchev–Trinajstić information content (AvgIpc) is 3.04. The third-order valence-electron chi connectivity index (χ3n) is 4.48. The first-order chi connectivity index (χ1) is 13.5. The molecule has 0 saturated heterocycles. The Hall–Kier alpha value is -3.25. The maximum atomic E-state index is 13.1. The van der Waals surface area contributed by atoms with Crippen LogP contribution in [0.3, 0.4) is 0 Å². The Morgan fingerprint density at radius 2 is 1.86 bits per heavy atom. The van der Waals surface area contributed by atoms with E-state index in [1.807, 2.05) is 62.4 Å². The molecule has 0 fully saturated rings. The first-order valence-corrected chi connectivity index (χ1v) is 9.20. The van der Waals surface area contributed by atoms with Crippen LogP contribution in [0.15, 0.2) is 60.9 Å². The van der Waals surface area contributed by atoms with Gasteiger partial charge in [0.15, 0.2) is 11.3 Å². The average molecular weight is 392 g/mol. The molecule has 6 nitrogen and oxygen atoms in total. The van der Waals surface area contributed by atoms with Crippen LogP contribution in [0.4, 0.5) is 0 Å². The number of nitrogens with one attached hydrogen (secondary N) is 1. The van der Waals surface area contributed by atoms with E-state index in [-0.39, 0.29) is 22.7 Å². The molecule has 0 aliphatic rings. The molecule has 0 radical (unpaired) electrons. The number of hydrogen-bond donors (Lipinski definition) is 1. The summed E-state index contributed by atoms with van der Waals surface area (Å²) >= 11 is 6.45. The zero-order chi connectivity index (χ0) is 19.7. The van der Waals surface area contributed by atoms with Gasteiger partial charge >= 0.3 is 0 Å². The summed E-state index contributed by atoms with van der Waals surface area (Å²) in [6.07, 6.45) is 3.43. The standard InChI is InChI=1S/C21H18ClN5O/c1-13-11-14(2)27-20(24-13)17(22)19(26-27)21(28)25-18(15-7-4-3-5-8-15)16-9-6-10-23-12-16/h3-12,18H,1-2H3,(H,25,28)/t18-/m0/s1. The minimum atomic E-state index is -0.376. The molecule has 0 aliphatic heterocycles. The van der Waals surface area contributed by atoms with Crippen LogP contribution in [0.1, 0.15) is 39.0 Å². The highest BCUT2D eigenvalue weighted by atomic mass is 35.5. The lowest BCUT2D eigenvalue weighted by Gasteiger charge is -2.19. The summed E-state index contributed by atoms with van der Waals surface area (Å²) in [5.41, 5.74) is 4.10. The minimum Gasteiger partial charge on any atom is -0.340 e. The van der Waals surface area contributed by atoms with Crippen LogP contribution in [0.25, 0.3) is 5.65 Å². The Morgan fingerprint density at radius 1 is 1.11 bits per heavy atom. The van der Waals surface area contributed by atoms with Crippen LogP contribution >= 0.6 is 11.6 Å². The van der Waals surface area contributed by atoms with E-state index in [9.17, 15) is 4.79 Å². The summed E-state index contributed by atoms with van der Waals surface area (Å²) in [6.45, 7) is 3.78. The van der Waals surface area contributed by atoms with Crippen molar-refractivity contribution in [3.8, 4) is 0 Å². The summed E-state index contributed by atoms with van der Waals surface area (Å²) in [7, 11) is 0. The summed E-state index contributed by atoms with van der Waals surface area (Å²) in [4.78, 5) is 21.7. The van der Waals surface area contributed by atoms with Gasteiger partial charge in [-0.3, -0.25) is 9.78 Å². The topological polar surface area (TPSA) is 72.2 Å². The number of hydrogen-bond acceptors (Lipinski definition) is 4. The van der Waals surface area contributed by atoms with Crippen LogP contribution in [-0.2, 0) is 0 Å². The van der Waals surface area contributed by atoms with Crippen LogP contribution in [0, 0.1) is 13.8 Å². The number of pyridine rings is 1. The molecule has 3 heterocycles. The van der Waals surface area contributed by atoms with Crippen LogP contribution < -0.4 is 5.32 Å². The van der Waals surface area contributed by atoms with Gasteiger partial charge in [-0.2, -0.15) is 5.10 Å². The summed E-state index contributed by atoms with van der Waals surface area (Å²) in [5.74, 6) is -0.370. The van der Waals surface area contributed by atoms with Gasteiger partial charge in [0, 0.05) is 23.8 Å². The number of benzene rings is 1. The van der Waals surface area contributed by atoms with Crippen LogP contribution in [0.2, 0.25) is 5.02 Å². The maximum absolute atomic E-state index is 13.1. The third kappa shape index (κ3) is 3.34. The Bertz CT molecular complexity index is 1100. The molecule has 0 saturated carbocycles. The fourth-order valence-corrected chi connectivity index (χ4v) is 3.44. The van der Waals surface area contributed by atoms with Gasteiger partial charge in [0.05, 0.1) is 6.04 Å². The normalized spacial score (nSPS) is 12.1. The lowest BCUT2D eigenvalue weighted by Crippen LogP contribution is -2.30. The van der Waals surface area contributed by atoms with Crippen molar-refractivity contribution < 1.29 is 4.79 Å². The molecule has 3 aromatic heterocycles. The van der Waals surface area contributed by atoms with Crippen LogP contribution in [0.5, 0.6) is 0 Å². The molecule has 0 aliphatic carbocycles. The van der Waals surface area contributed by atoms with E-state index < -0.39 is 0 Å². The zero-order valence-electron chi connectivity index (χ0n) is 15.4. The van der Waals surface area contributed by atoms with E-state index in [1.165, 1.54) is 0 Å². The summed E-state index contributed by atoms with van der Waals surface area (Å²) in [5, 5.41) is 7.66. The van der Waals surface area contributed by atoms with Gasteiger partial charge in [-0.05, 0) is 37.1 Å². The number of carbonyl (C=O) groups excluding carboxylic acids is 1. The molecule has 0 unspecified atom stereocenters. The first kappa shape index (κ1) is 18.1. The molecule has 1 aromatic carbocycles. The number of halogens is 1. The highest BCUT2D eigenvalue weighted by Crippen LogP contribution is 2.25. The predicted molar refractivity (Wildman–Crippen MR) is 107 cm³/mol. The molecule has 4 aromatic rings. The second-order valence-electron chi connectivity index (χ2n) is 6.54. The lowest BCUT2D eigenvalue weighted by atomic mass is 10.00. The lowest BCUT2D eigenvalue weighted by molar-refractivity contribution is 0.0937. The van der Waals surface area contributed by atoms with Crippen molar-refractivity contribution in [2.75, 3.05) is 0 Å². The Labute approximate surface area is 167 Å². The maximum Gasteiger partial charge on any atom is 0.274 e. The summed E-state index contributed by atoms with van der Waals surface area (Å²) < 4.78 is 1.59. The van der Waals surface area contributed by atoms with E-state index in [4.69, 9.17) is 11.6 Å². The van der Waals surface area contributed by atoms with Crippen molar-refractivity contribution in [1.82, 2.24) is 24.9 Å². The fraction of sp³-hybridized carbons (Fsp3) is 0.143. The third-order valence-corrected chi connectivity index (χ3v) is 4.83. The smallest absolute Gasteiger partial charge is 0.274 e. The van der Waals surface area contributed by atoms with Gasteiger partial charge in [0.1, 0.15) is 5.02 Å². The zero-order valence-corrected chi connectivity index (χ0v) is 16.2. The fourth-order valence-electron chi connectivity index (χ4n) is 3.19. The van der Waals surface area contributed by atoms with Crippen molar-refractivity contribution in [1.29, 1.82) is 0 Å². The van der Waals surface area contributed by atoms with Crippen molar-refractivity contribution in [2.24, 2.45) is 0 Å². The van der Waals surface area contributed by atoms with Crippen molar-refractivity contribution in [2.45, 2.75) is 19.9 Å². The number of carbonyl (C=O) groups is 1. The molecule has 0 spiro atoms. The molecule has 1 N–H and O–H groups in total. The first-order valence-electron chi connectivity index (χ1n) is 8.83. The number of rotatable bonds is 4. The van der Waals surface area contributed by atoms with Gasteiger partial charge in [-0.15, -0.1) is 0 Å². The molecular formula is C21H18ClN5O. The van der Waals surface area contributed by atoms with E-state index in [2.05, 4.69) is 20.4 Å². The Morgan fingerprint density at radius 3 is 2.57 bits per heavy atom. The SMILES string of the molecule is Cc1cc(C)n2nc(C(=O)N[C@@H](c3ccccc3)c3cccnc3)c(Cl)c2n1. The molecule has 7 heteroatoms. The van der Waals surface area contributed by atoms with Crippen molar-refractivity contribution in [3.63, 3.8) is 0 Å². The molecule has 1 atom stereocenters. The highest BCUT2D eigenvalue weighted by Gasteiger charge is 2.24. The van der Waals surface area contributed by atoms with Crippen molar-refractivity contribution in [3.05, 3.63) is 94.2 Å². The minimum absolute atomic E-state index is 0.146. The molecule has 28 heavy (non-hydrogen) atoms. The largest absolute Gasteiger partial charge is 0.340 e. The Balaban J connectivity index is 1.74. The number of aromatic nitrogens is 4. The van der Waals surface area contributed by atoms with E-state index in [0.717, 1.165) is 22.5 Å². The Kier molecular flexibility index (Phi) is 4.79. The van der Waals surface area contributed by atoms with Gasteiger partial charge in [0.25, 0.3) is 5.91 Å². The number of aryl methyl sites for hydroxylation is 2. The summed E-state index contributed by atoms with van der Waals surface area (Å²) in [6, 6.07) is 15.0. The van der Waals surface area contributed by atoms with E-state index >= 15 is 0 Å². The molecule has 0 bridgehead atoms. The number of amides is 1.